The molecule has 2 aromatic carbocycles. The van der Waals surface area contributed by atoms with Crippen molar-refractivity contribution in [1.82, 2.24) is 4.98 Å². The van der Waals surface area contributed by atoms with Crippen molar-refractivity contribution >= 4 is 0 Å². The van der Waals surface area contributed by atoms with Gasteiger partial charge in [-0.3, -0.25) is 0 Å². The summed E-state index contributed by atoms with van der Waals surface area (Å²) in [5.41, 5.74) is 1.87. The number of hydrogen-bond donors (Lipinski definition) is 0. The summed E-state index contributed by atoms with van der Waals surface area (Å²) >= 11 is 0. The van der Waals surface area contributed by atoms with Crippen molar-refractivity contribution in [2.24, 2.45) is 0 Å². The second-order valence-electron chi connectivity index (χ2n) is 4.37. The molecule has 1 heterocycles. The Morgan fingerprint density at radius 3 is 2.43 bits per heavy atom. The zero-order valence-electron chi connectivity index (χ0n) is 11.5. The number of rotatable bonds is 2. The Kier molecular flexibility index (Phi) is 3.70. The van der Waals surface area contributed by atoms with Gasteiger partial charge in [-0.05, 0) is 30.2 Å². The third kappa shape index (κ3) is 3.13. The molecule has 0 bridgehead atoms. The fourth-order valence-electron chi connectivity index (χ4n) is 1.87. The molecular weight excluding hydrogens is 262 g/mol. The predicted octanol–water partition coefficient (Wildman–Crippen LogP) is 3.75. The fraction of sp³-hybridized carbons (Fsp3) is 0.0556. The molecule has 102 valence electrons. The smallest absolute Gasteiger partial charge is 0.274 e. The molecule has 0 unspecified atom stereocenters. The summed E-state index contributed by atoms with van der Waals surface area (Å²) in [7, 11) is 1.64. The zero-order valence-corrected chi connectivity index (χ0v) is 11.5. The normalized spacial score (nSPS) is 9.76. The van der Waals surface area contributed by atoms with E-state index in [0.29, 0.717) is 5.89 Å². The molecule has 1 aromatic heterocycles. The molecule has 3 nitrogen and oxygen atoms in total. The van der Waals surface area contributed by atoms with E-state index in [2.05, 4.69) is 16.8 Å². The van der Waals surface area contributed by atoms with Gasteiger partial charge in [0.25, 0.3) is 5.89 Å². The summed E-state index contributed by atoms with van der Waals surface area (Å²) in [6.07, 6.45) is 1.69. The molecule has 0 amide bonds. The van der Waals surface area contributed by atoms with Crippen LogP contribution in [0.4, 0.5) is 0 Å². The summed E-state index contributed by atoms with van der Waals surface area (Å²) in [5.74, 6) is 7.87. The molecule has 0 radical (unpaired) electrons. The molecule has 0 aliphatic rings. The van der Waals surface area contributed by atoms with Gasteiger partial charge in [0.05, 0.1) is 13.3 Å². The first-order valence-electron chi connectivity index (χ1n) is 6.52. The van der Waals surface area contributed by atoms with Crippen LogP contribution in [0.5, 0.6) is 5.75 Å². The molecule has 3 rings (SSSR count). The Morgan fingerprint density at radius 2 is 1.71 bits per heavy atom. The molecular formula is C18H13NO2. The van der Waals surface area contributed by atoms with E-state index in [1.165, 1.54) is 0 Å². The maximum absolute atomic E-state index is 5.63. The number of aromatic nitrogens is 1. The first-order chi connectivity index (χ1) is 10.3. The van der Waals surface area contributed by atoms with E-state index in [0.717, 1.165) is 22.6 Å². The van der Waals surface area contributed by atoms with E-state index in [1.807, 2.05) is 54.6 Å². The third-order valence-electron chi connectivity index (χ3n) is 2.97. The minimum Gasteiger partial charge on any atom is -0.497 e. The van der Waals surface area contributed by atoms with Crippen molar-refractivity contribution < 1.29 is 9.15 Å². The Bertz CT molecular complexity index is 777. The van der Waals surface area contributed by atoms with Crippen LogP contribution < -0.4 is 4.74 Å². The van der Waals surface area contributed by atoms with Crippen LogP contribution in [0.25, 0.3) is 11.3 Å². The molecule has 3 heteroatoms. The van der Waals surface area contributed by atoms with Crippen molar-refractivity contribution in [2.45, 2.75) is 0 Å². The quantitative estimate of drug-likeness (QED) is 0.668. The van der Waals surface area contributed by atoms with Crippen LogP contribution in [0.2, 0.25) is 0 Å². The molecule has 0 aliphatic heterocycles. The summed E-state index contributed by atoms with van der Waals surface area (Å²) in [6.45, 7) is 0. The van der Waals surface area contributed by atoms with Gasteiger partial charge in [0, 0.05) is 11.1 Å². The van der Waals surface area contributed by atoms with Crippen LogP contribution in [0.1, 0.15) is 11.5 Å². The number of oxazole rings is 1. The van der Waals surface area contributed by atoms with Crippen LogP contribution in [0.3, 0.4) is 0 Å². The van der Waals surface area contributed by atoms with Gasteiger partial charge in [0.2, 0.25) is 0 Å². The largest absolute Gasteiger partial charge is 0.497 e. The fourth-order valence-corrected chi connectivity index (χ4v) is 1.87. The van der Waals surface area contributed by atoms with Crippen LogP contribution in [0.15, 0.2) is 65.2 Å². The summed E-state index contributed by atoms with van der Waals surface area (Å²) in [5, 5.41) is 0. The molecule has 0 saturated carbocycles. The predicted molar refractivity (Wildman–Crippen MR) is 80.9 cm³/mol. The molecule has 21 heavy (non-hydrogen) atoms. The molecule has 3 aromatic rings. The van der Waals surface area contributed by atoms with Crippen molar-refractivity contribution in [3.63, 3.8) is 0 Å². The van der Waals surface area contributed by atoms with Crippen molar-refractivity contribution in [1.29, 1.82) is 0 Å². The van der Waals surface area contributed by atoms with E-state index in [-0.39, 0.29) is 0 Å². The SMILES string of the molecule is COc1ccc(C#Cc2ncc(-c3ccccc3)o2)cc1. The molecule has 0 aliphatic carbocycles. The van der Waals surface area contributed by atoms with Gasteiger partial charge in [-0.15, -0.1) is 0 Å². The molecule has 0 fully saturated rings. The lowest BCUT2D eigenvalue weighted by Crippen LogP contribution is -1.82. The van der Waals surface area contributed by atoms with E-state index >= 15 is 0 Å². The Hall–Kier alpha value is -2.99. The van der Waals surface area contributed by atoms with E-state index in [4.69, 9.17) is 9.15 Å². The minimum absolute atomic E-state index is 0.407. The van der Waals surface area contributed by atoms with Gasteiger partial charge >= 0.3 is 0 Å². The number of benzene rings is 2. The summed E-state index contributed by atoms with van der Waals surface area (Å²) in [4.78, 5) is 4.18. The molecule has 0 saturated heterocycles. The number of nitrogens with zero attached hydrogens (tertiary/aromatic N) is 1. The first kappa shape index (κ1) is 13.0. The van der Waals surface area contributed by atoms with Gasteiger partial charge in [-0.2, -0.15) is 0 Å². The lowest BCUT2D eigenvalue weighted by molar-refractivity contribution is 0.415. The standard InChI is InChI=1S/C18H13NO2/c1-20-16-10-7-14(8-11-16)9-12-18-19-13-17(21-18)15-5-3-2-4-6-15/h2-8,10-11,13H,1H3. The van der Waals surface area contributed by atoms with Crippen LogP contribution in [-0.4, -0.2) is 12.1 Å². The van der Waals surface area contributed by atoms with E-state index in [9.17, 15) is 0 Å². The molecule has 0 atom stereocenters. The maximum Gasteiger partial charge on any atom is 0.274 e. The monoisotopic (exact) mass is 275 g/mol. The number of hydrogen-bond acceptors (Lipinski definition) is 3. The number of ether oxygens (including phenoxy) is 1. The summed E-state index contributed by atoms with van der Waals surface area (Å²) in [6, 6.07) is 17.4. The van der Waals surface area contributed by atoms with Crippen LogP contribution in [0, 0.1) is 11.8 Å². The van der Waals surface area contributed by atoms with Gasteiger partial charge in [0.1, 0.15) is 5.75 Å². The lowest BCUT2D eigenvalue weighted by Gasteiger charge is -1.97. The number of methoxy groups -OCH3 is 1. The van der Waals surface area contributed by atoms with E-state index in [1.54, 1.807) is 13.3 Å². The average molecular weight is 275 g/mol. The third-order valence-corrected chi connectivity index (χ3v) is 2.97. The summed E-state index contributed by atoms with van der Waals surface area (Å²) < 4.78 is 10.7. The Morgan fingerprint density at radius 1 is 0.952 bits per heavy atom. The topological polar surface area (TPSA) is 35.3 Å². The van der Waals surface area contributed by atoms with Crippen LogP contribution >= 0.6 is 0 Å². The minimum atomic E-state index is 0.407. The lowest BCUT2D eigenvalue weighted by atomic mass is 10.2. The van der Waals surface area contributed by atoms with Gasteiger partial charge in [-0.1, -0.05) is 36.3 Å². The highest BCUT2D eigenvalue weighted by atomic mass is 16.5. The van der Waals surface area contributed by atoms with Crippen LogP contribution in [-0.2, 0) is 0 Å². The second-order valence-corrected chi connectivity index (χ2v) is 4.37. The van der Waals surface area contributed by atoms with Crippen molar-refractivity contribution in [3.05, 3.63) is 72.2 Å². The molecule has 0 N–H and O–H groups in total. The zero-order chi connectivity index (χ0) is 14.5. The van der Waals surface area contributed by atoms with Crippen molar-refractivity contribution in [2.75, 3.05) is 7.11 Å². The van der Waals surface area contributed by atoms with Gasteiger partial charge in [0.15, 0.2) is 5.76 Å². The Balaban J connectivity index is 1.80. The van der Waals surface area contributed by atoms with Crippen molar-refractivity contribution in [3.8, 4) is 28.9 Å². The second kappa shape index (κ2) is 5.98. The average Bonchev–Trinajstić information content (AvgIpc) is 3.03. The highest BCUT2D eigenvalue weighted by molar-refractivity contribution is 5.56. The highest BCUT2D eigenvalue weighted by Crippen LogP contribution is 2.19. The van der Waals surface area contributed by atoms with Gasteiger partial charge in [-0.25, -0.2) is 4.98 Å². The highest BCUT2D eigenvalue weighted by Gasteiger charge is 2.03. The maximum atomic E-state index is 5.63. The van der Waals surface area contributed by atoms with Gasteiger partial charge < -0.3 is 9.15 Å². The Labute approximate surface area is 123 Å². The molecule has 0 spiro atoms. The van der Waals surface area contributed by atoms with E-state index < -0.39 is 0 Å². The first-order valence-corrected chi connectivity index (χ1v) is 6.52.